The fraction of sp³-hybridized carbons (Fsp3) is 0.316. The molecule has 0 N–H and O–H groups in total. The van der Waals surface area contributed by atoms with Crippen molar-refractivity contribution in [3.8, 4) is 0 Å². The Morgan fingerprint density at radius 1 is 1.19 bits per heavy atom. The van der Waals surface area contributed by atoms with Gasteiger partial charge < -0.3 is 9.47 Å². The summed E-state index contributed by atoms with van der Waals surface area (Å²) in [5.74, 6) is 1.60. The summed E-state index contributed by atoms with van der Waals surface area (Å²) < 4.78 is 3.51. The van der Waals surface area contributed by atoms with Crippen LogP contribution in [0.1, 0.15) is 30.3 Å². The highest BCUT2D eigenvalue weighted by Crippen LogP contribution is 2.34. The van der Waals surface area contributed by atoms with Crippen molar-refractivity contribution < 1.29 is 0 Å². The number of para-hydroxylation sites is 1. The summed E-state index contributed by atoms with van der Waals surface area (Å²) in [7, 11) is 0. The van der Waals surface area contributed by atoms with Crippen LogP contribution in [0.15, 0.2) is 47.5 Å². The van der Waals surface area contributed by atoms with Crippen molar-refractivity contribution in [2.75, 3.05) is 18.0 Å². The van der Waals surface area contributed by atoms with Crippen LogP contribution >= 0.6 is 22.7 Å². The van der Waals surface area contributed by atoms with Crippen molar-refractivity contribution >= 4 is 38.0 Å². The SMILES string of the molecule is c1ccc2sc(N3CCC[C@H](c4nccn4Cc4cscn4)C3)nc2c1. The van der Waals surface area contributed by atoms with Gasteiger partial charge in [-0.3, -0.25) is 0 Å². The summed E-state index contributed by atoms with van der Waals surface area (Å²) >= 11 is 3.43. The summed E-state index contributed by atoms with van der Waals surface area (Å²) in [5.41, 5.74) is 4.09. The number of imidazole rings is 1. The summed E-state index contributed by atoms with van der Waals surface area (Å²) in [6.07, 6.45) is 6.34. The Morgan fingerprint density at radius 3 is 3.04 bits per heavy atom. The Balaban J connectivity index is 1.38. The average molecular weight is 382 g/mol. The molecule has 5 rings (SSSR count). The molecule has 5 nitrogen and oxygen atoms in total. The van der Waals surface area contributed by atoms with Crippen molar-refractivity contribution in [2.45, 2.75) is 25.3 Å². The van der Waals surface area contributed by atoms with Crippen LogP contribution in [0.2, 0.25) is 0 Å². The highest BCUT2D eigenvalue weighted by molar-refractivity contribution is 7.22. The monoisotopic (exact) mass is 381 g/mol. The third-order valence-corrected chi connectivity index (χ3v) is 6.64. The Morgan fingerprint density at radius 2 is 2.15 bits per heavy atom. The zero-order valence-electron chi connectivity index (χ0n) is 14.3. The molecule has 0 bridgehead atoms. The van der Waals surface area contributed by atoms with E-state index in [4.69, 9.17) is 4.98 Å². The van der Waals surface area contributed by atoms with Crippen LogP contribution in [-0.4, -0.2) is 32.6 Å². The highest BCUT2D eigenvalue weighted by Gasteiger charge is 2.26. The van der Waals surface area contributed by atoms with E-state index >= 15 is 0 Å². The van der Waals surface area contributed by atoms with Gasteiger partial charge in [0.2, 0.25) is 0 Å². The third kappa shape index (κ3) is 3.01. The van der Waals surface area contributed by atoms with Gasteiger partial charge in [0.1, 0.15) is 5.82 Å². The van der Waals surface area contributed by atoms with E-state index < -0.39 is 0 Å². The lowest BCUT2D eigenvalue weighted by atomic mass is 9.97. The fourth-order valence-electron chi connectivity index (χ4n) is 3.66. The first kappa shape index (κ1) is 16.0. The Hall–Kier alpha value is -2.25. The topological polar surface area (TPSA) is 46.8 Å². The van der Waals surface area contributed by atoms with E-state index in [1.807, 2.05) is 11.7 Å². The van der Waals surface area contributed by atoms with E-state index in [1.165, 1.54) is 23.4 Å². The minimum absolute atomic E-state index is 0.435. The lowest BCUT2D eigenvalue weighted by Crippen LogP contribution is -2.35. The molecule has 7 heteroatoms. The standard InChI is InChI=1S/C19H19N5S2/c1-2-6-17-16(5-1)22-19(26-17)24-8-3-4-14(10-24)18-20-7-9-23(18)11-15-12-25-13-21-15/h1-2,5-7,9,12-14H,3-4,8,10-11H2/t14-/m0/s1. The van der Waals surface area contributed by atoms with Crippen molar-refractivity contribution in [1.29, 1.82) is 0 Å². The molecule has 1 fully saturated rings. The predicted octanol–water partition coefficient (Wildman–Crippen LogP) is 4.38. The minimum atomic E-state index is 0.435. The molecule has 0 saturated carbocycles. The van der Waals surface area contributed by atoms with Crippen LogP contribution in [0.3, 0.4) is 0 Å². The van der Waals surface area contributed by atoms with Crippen LogP contribution in [0.25, 0.3) is 10.2 Å². The largest absolute Gasteiger partial charge is 0.347 e. The number of hydrogen-bond acceptors (Lipinski definition) is 6. The van der Waals surface area contributed by atoms with Crippen LogP contribution in [0.5, 0.6) is 0 Å². The minimum Gasteiger partial charge on any atom is -0.347 e. The molecule has 4 aromatic rings. The van der Waals surface area contributed by atoms with E-state index in [1.54, 1.807) is 22.7 Å². The molecule has 0 spiro atoms. The smallest absolute Gasteiger partial charge is 0.186 e. The van der Waals surface area contributed by atoms with Crippen LogP contribution in [0.4, 0.5) is 5.13 Å². The van der Waals surface area contributed by atoms with Gasteiger partial charge in [-0.25, -0.2) is 15.0 Å². The van der Waals surface area contributed by atoms with Gasteiger partial charge in [0, 0.05) is 36.8 Å². The molecule has 0 radical (unpaired) electrons. The highest BCUT2D eigenvalue weighted by atomic mass is 32.1. The molecule has 4 heterocycles. The van der Waals surface area contributed by atoms with Gasteiger partial charge in [0.05, 0.1) is 28.0 Å². The molecule has 0 aliphatic carbocycles. The number of thiazole rings is 2. The maximum atomic E-state index is 4.84. The van der Waals surface area contributed by atoms with E-state index in [0.29, 0.717) is 5.92 Å². The average Bonchev–Trinajstić information content (AvgIpc) is 3.42. The molecule has 1 aliphatic heterocycles. The van der Waals surface area contributed by atoms with E-state index in [2.05, 4.69) is 55.3 Å². The van der Waals surface area contributed by atoms with Gasteiger partial charge in [0.25, 0.3) is 0 Å². The van der Waals surface area contributed by atoms with Crippen LogP contribution < -0.4 is 4.90 Å². The third-order valence-electron chi connectivity index (χ3n) is 4.90. The molecular formula is C19H19N5S2. The lowest BCUT2D eigenvalue weighted by Gasteiger charge is -2.32. The normalized spacial score (nSPS) is 17.8. The second-order valence-electron chi connectivity index (χ2n) is 6.64. The lowest BCUT2D eigenvalue weighted by molar-refractivity contribution is 0.475. The molecule has 0 unspecified atom stereocenters. The number of rotatable bonds is 4. The molecule has 0 amide bonds. The first-order valence-corrected chi connectivity index (χ1v) is 10.6. The summed E-state index contributed by atoms with van der Waals surface area (Å²) in [6, 6.07) is 8.38. The number of nitrogens with zero attached hydrogens (tertiary/aromatic N) is 5. The van der Waals surface area contributed by atoms with Gasteiger partial charge in [-0.05, 0) is 25.0 Å². The van der Waals surface area contributed by atoms with Gasteiger partial charge >= 0.3 is 0 Å². The summed E-state index contributed by atoms with van der Waals surface area (Å²) in [6.45, 7) is 2.85. The number of fused-ring (bicyclic) bond motifs is 1. The zero-order chi connectivity index (χ0) is 17.3. The van der Waals surface area contributed by atoms with Crippen molar-refractivity contribution in [1.82, 2.24) is 19.5 Å². The van der Waals surface area contributed by atoms with Gasteiger partial charge in [-0.1, -0.05) is 23.5 Å². The second-order valence-corrected chi connectivity index (χ2v) is 8.37. The number of benzene rings is 1. The fourth-order valence-corrected chi connectivity index (χ4v) is 5.21. The Bertz CT molecular complexity index is 971. The molecule has 1 aromatic carbocycles. The van der Waals surface area contributed by atoms with Gasteiger partial charge in [-0.15, -0.1) is 11.3 Å². The second kappa shape index (κ2) is 6.81. The van der Waals surface area contributed by atoms with E-state index in [-0.39, 0.29) is 0 Å². The molecule has 1 saturated heterocycles. The number of piperidine rings is 1. The van der Waals surface area contributed by atoms with Crippen molar-refractivity contribution in [2.24, 2.45) is 0 Å². The van der Waals surface area contributed by atoms with Crippen LogP contribution in [0, 0.1) is 0 Å². The first-order valence-electron chi connectivity index (χ1n) is 8.85. The number of hydrogen-bond donors (Lipinski definition) is 0. The summed E-state index contributed by atoms with van der Waals surface area (Å²) in [5, 5.41) is 3.24. The number of aromatic nitrogens is 4. The number of anilines is 1. The molecule has 1 atom stereocenters. The first-order chi connectivity index (χ1) is 12.9. The van der Waals surface area contributed by atoms with Crippen LogP contribution in [-0.2, 0) is 6.54 Å². The van der Waals surface area contributed by atoms with Crippen molar-refractivity contribution in [3.63, 3.8) is 0 Å². The Labute approximate surface area is 160 Å². The van der Waals surface area contributed by atoms with E-state index in [0.717, 1.165) is 36.0 Å². The summed E-state index contributed by atoms with van der Waals surface area (Å²) in [4.78, 5) is 16.4. The van der Waals surface area contributed by atoms with Gasteiger partial charge in [0.15, 0.2) is 5.13 Å². The molecular weight excluding hydrogens is 362 g/mol. The molecule has 26 heavy (non-hydrogen) atoms. The van der Waals surface area contributed by atoms with E-state index in [9.17, 15) is 0 Å². The molecule has 132 valence electrons. The zero-order valence-corrected chi connectivity index (χ0v) is 15.9. The van der Waals surface area contributed by atoms with Gasteiger partial charge in [-0.2, -0.15) is 0 Å². The maximum Gasteiger partial charge on any atom is 0.186 e. The molecule has 3 aromatic heterocycles. The van der Waals surface area contributed by atoms with Crippen molar-refractivity contribution in [3.05, 3.63) is 59.1 Å². The Kier molecular flexibility index (Phi) is 4.18. The quantitative estimate of drug-likeness (QED) is 0.526. The maximum absolute atomic E-state index is 4.84. The molecule has 1 aliphatic rings. The predicted molar refractivity (Wildman–Crippen MR) is 107 cm³/mol.